The first kappa shape index (κ1) is 15.3. The number of nitrogens with zero attached hydrogens (tertiary/aromatic N) is 3. The Morgan fingerprint density at radius 2 is 2.10 bits per heavy atom. The van der Waals surface area contributed by atoms with Crippen molar-refractivity contribution in [3.8, 4) is 0 Å². The second-order valence-corrected chi connectivity index (χ2v) is 4.05. The van der Waals surface area contributed by atoms with Crippen molar-refractivity contribution in [2.24, 2.45) is 0 Å². The molecule has 1 aromatic rings. The Balaban J connectivity index is 3.52. The van der Waals surface area contributed by atoms with E-state index in [1.54, 1.807) is 6.92 Å². The van der Waals surface area contributed by atoms with Crippen LogP contribution in [0.5, 0.6) is 0 Å². The first-order valence-electron chi connectivity index (χ1n) is 5.69. The van der Waals surface area contributed by atoms with Crippen LogP contribution in [0.25, 0.3) is 0 Å². The zero-order valence-corrected chi connectivity index (χ0v) is 10.7. The van der Waals surface area contributed by atoms with E-state index in [1.807, 2.05) is 0 Å². The maximum atomic E-state index is 12.0. The molecule has 0 aliphatic heterocycles. The van der Waals surface area contributed by atoms with Gasteiger partial charge in [-0.05, 0) is 6.42 Å². The van der Waals surface area contributed by atoms with Gasteiger partial charge in [-0.3, -0.25) is 19.5 Å². The van der Waals surface area contributed by atoms with Gasteiger partial charge in [0, 0.05) is 12.1 Å². The molecule has 0 saturated carbocycles. The van der Waals surface area contributed by atoms with E-state index in [0.717, 1.165) is 10.8 Å². The van der Waals surface area contributed by atoms with Gasteiger partial charge in [-0.25, -0.2) is 14.2 Å². The van der Waals surface area contributed by atoms with E-state index in [-0.39, 0.29) is 6.54 Å². The van der Waals surface area contributed by atoms with Crippen molar-refractivity contribution in [2.75, 3.05) is 0 Å². The van der Waals surface area contributed by atoms with E-state index < -0.39 is 39.9 Å². The molecule has 0 fully saturated rings. The summed E-state index contributed by atoms with van der Waals surface area (Å²) in [4.78, 5) is 44.4. The van der Waals surface area contributed by atoms with Crippen LogP contribution in [0, 0.1) is 10.1 Å². The molecule has 20 heavy (non-hydrogen) atoms. The lowest BCUT2D eigenvalue weighted by Crippen LogP contribution is -2.41. The third-order valence-electron chi connectivity index (χ3n) is 2.53. The van der Waals surface area contributed by atoms with E-state index in [0.29, 0.717) is 11.0 Å². The maximum absolute atomic E-state index is 12.0. The fraction of sp³-hybridized carbons (Fsp3) is 0.364. The number of aryl methyl sites for hydroxylation is 1. The minimum Gasteiger partial charge on any atom is -0.478 e. The Hall–Kier alpha value is -2.71. The highest BCUT2D eigenvalue weighted by molar-refractivity contribution is 5.85. The van der Waals surface area contributed by atoms with Crippen molar-refractivity contribution in [2.45, 2.75) is 26.4 Å². The van der Waals surface area contributed by atoms with Gasteiger partial charge >= 0.3 is 22.9 Å². The SMILES string of the molecule is C=C(Cn1c(=O)c([N+](=O)[O-])cn(CCC)c1=O)C(=O)O. The third kappa shape index (κ3) is 2.99. The zero-order chi connectivity index (χ0) is 15.4. The summed E-state index contributed by atoms with van der Waals surface area (Å²) in [6.07, 6.45) is 1.39. The summed E-state index contributed by atoms with van der Waals surface area (Å²) in [5.41, 5.74) is -3.14. The van der Waals surface area contributed by atoms with Crippen LogP contribution in [-0.2, 0) is 17.9 Å². The molecule has 1 heterocycles. The molecule has 9 nitrogen and oxygen atoms in total. The van der Waals surface area contributed by atoms with Crippen molar-refractivity contribution >= 4 is 11.7 Å². The number of hydrogen-bond acceptors (Lipinski definition) is 5. The van der Waals surface area contributed by atoms with Gasteiger partial charge in [-0.15, -0.1) is 0 Å². The van der Waals surface area contributed by atoms with Gasteiger partial charge in [0.2, 0.25) is 0 Å². The highest BCUT2D eigenvalue weighted by Gasteiger charge is 2.21. The summed E-state index contributed by atoms with van der Waals surface area (Å²) in [5.74, 6) is -1.38. The highest BCUT2D eigenvalue weighted by atomic mass is 16.6. The molecule has 1 aromatic heterocycles. The lowest BCUT2D eigenvalue weighted by Gasteiger charge is -2.09. The molecule has 0 radical (unpaired) electrons. The molecule has 0 spiro atoms. The Morgan fingerprint density at radius 3 is 2.55 bits per heavy atom. The highest BCUT2D eigenvalue weighted by Crippen LogP contribution is 2.02. The molecule has 1 rings (SSSR count). The number of hydrogen-bond donors (Lipinski definition) is 1. The van der Waals surface area contributed by atoms with E-state index >= 15 is 0 Å². The standard InChI is InChI=1S/C11H13N3O6/c1-3-4-12-6-8(14(19)20)9(15)13(11(12)18)5-7(2)10(16)17/h6H,2-5H2,1H3,(H,16,17). The molecule has 1 N–H and O–H groups in total. The Morgan fingerprint density at radius 1 is 1.50 bits per heavy atom. The summed E-state index contributed by atoms with van der Waals surface area (Å²) in [5, 5.41) is 19.5. The number of aliphatic carboxylic acids is 1. The van der Waals surface area contributed by atoms with Crippen LogP contribution in [0.3, 0.4) is 0 Å². The molecule has 0 amide bonds. The average molecular weight is 283 g/mol. The second-order valence-electron chi connectivity index (χ2n) is 4.05. The molecule has 108 valence electrons. The molecule has 0 unspecified atom stereocenters. The quantitative estimate of drug-likeness (QED) is 0.444. The lowest BCUT2D eigenvalue weighted by molar-refractivity contribution is -0.387. The number of nitro groups is 1. The minimum atomic E-state index is -1.38. The van der Waals surface area contributed by atoms with Crippen molar-refractivity contribution in [3.05, 3.63) is 49.3 Å². The van der Waals surface area contributed by atoms with Crippen LogP contribution in [0.2, 0.25) is 0 Å². The number of aromatic nitrogens is 2. The van der Waals surface area contributed by atoms with Crippen molar-refractivity contribution in [1.82, 2.24) is 9.13 Å². The van der Waals surface area contributed by atoms with E-state index in [1.165, 1.54) is 0 Å². The van der Waals surface area contributed by atoms with Gasteiger partial charge in [-0.1, -0.05) is 13.5 Å². The van der Waals surface area contributed by atoms with E-state index in [2.05, 4.69) is 6.58 Å². The first-order valence-corrected chi connectivity index (χ1v) is 5.69. The first-order chi connectivity index (χ1) is 9.29. The van der Waals surface area contributed by atoms with Gasteiger partial charge in [0.05, 0.1) is 17.7 Å². The number of carboxylic acids is 1. The Labute approximate surface area is 112 Å². The normalized spacial score (nSPS) is 10.2. The molecule has 0 saturated heterocycles. The summed E-state index contributed by atoms with van der Waals surface area (Å²) in [6.45, 7) is 4.54. The molecule has 0 aliphatic rings. The smallest absolute Gasteiger partial charge is 0.350 e. The molecule has 0 aliphatic carbocycles. The predicted molar refractivity (Wildman–Crippen MR) is 68.7 cm³/mol. The van der Waals surface area contributed by atoms with Crippen LogP contribution in [-0.4, -0.2) is 25.1 Å². The van der Waals surface area contributed by atoms with Crippen LogP contribution < -0.4 is 11.2 Å². The second kappa shape index (κ2) is 5.95. The average Bonchev–Trinajstić information content (AvgIpc) is 2.37. The van der Waals surface area contributed by atoms with Crippen LogP contribution in [0.15, 0.2) is 27.9 Å². The van der Waals surface area contributed by atoms with E-state index in [9.17, 15) is 24.5 Å². The van der Waals surface area contributed by atoms with Gasteiger partial charge in [-0.2, -0.15) is 0 Å². The summed E-state index contributed by atoms with van der Waals surface area (Å²) >= 11 is 0. The van der Waals surface area contributed by atoms with Crippen LogP contribution >= 0.6 is 0 Å². The maximum Gasteiger partial charge on any atom is 0.350 e. The topological polar surface area (TPSA) is 124 Å². The number of carbonyl (C=O) groups is 1. The van der Waals surface area contributed by atoms with Gasteiger partial charge in [0.15, 0.2) is 0 Å². The lowest BCUT2D eigenvalue weighted by atomic mass is 10.3. The number of carboxylic acid groups (broad SMARTS) is 1. The van der Waals surface area contributed by atoms with Crippen LogP contribution in [0.1, 0.15) is 13.3 Å². The fourth-order valence-electron chi connectivity index (χ4n) is 1.56. The predicted octanol–water partition coefficient (Wildman–Crippen LogP) is -0.0310. The molecule has 9 heteroatoms. The molecular weight excluding hydrogens is 270 g/mol. The summed E-state index contributed by atoms with van der Waals surface area (Å²) in [7, 11) is 0. The van der Waals surface area contributed by atoms with Crippen molar-refractivity contribution in [1.29, 1.82) is 0 Å². The fourth-order valence-corrected chi connectivity index (χ4v) is 1.56. The van der Waals surface area contributed by atoms with Crippen molar-refractivity contribution < 1.29 is 14.8 Å². The largest absolute Gasteiger partial charge is 0.478 e. The van der Waals surface area contributed by atoms with Gasteiger partial charge < -0.3 is 5.11 Å². The van der Waals surface area contributed by atoms with Gasteiger partial charge in [0.25, 0.3) is 0 Å². The Bertz CT molecular complexity index is 684. The summed E-state index contributed by atoms with van der Waals surface area (Å²) in [6, 6.07) is 0. The monoisotopic (exact) mass is 283 g/mol. The molecule has 0 aromatic carbocycles. The third-order valence-corrected chi connectivity index (χ3v) is 2.53. The molecule has 0 bridgehead atoms. The Kier molecular flexibility index (Phi) is 4.57. The van der Waals surface area contributed by atoms with Crippen molar-refractivity contribution in [3.63, 3.8) is 0 Å². The van der Waals surface area contributed by atoms with E-state index in [4.69, 9.17) is 5.11 Å². The van der Waals surface area contributed by atoms with Gasteiger partial charge in [0.1, 0.15) is 0 Å². The molecular formula is C11H13N3O6. The molecule has 0 atom stereocenters. The minimum absolute atomic E-state index is 0.180. The number of rotatable bonds is 6. The zero-order valence-electron chi connectivity index (χ0n) is 10.7. The summed E-state index contributed by atoms with van der Waals surface area (Å²) < 4.78 is 1.51. The van der Waals surface area contributed by atoms with Crippen LogP contribution in [0.4, 0.5) is 5.69 Å².